The number of carbonyl (C=O) groups is 1. The van der Waals surface area contributed by atoms with Crippen molar-refractivity contribution < 1.29 is 9.53 Å². The van der Waals surface area contributed by atoms with Crippen LogP contribution in [0.25, 0.3) is 0 Å². The lowest BCUT2D eigenvalue weighted by atomic mass is 10.2. The van der Waals surface area contributed by atoms with E-state index in [0.29, 0.717) is 0 Å². The van der Waals surface area contributed by atoms with Gasteiger partial charge in [-0.15, -0.1) is 12.4 Å². The third-order valence-corrected chi connectivity index (χ3v) is 1.55. The second-order valence-electron chi connectivity index (χ2n) is 2.17. The van der Waals surface area contributed by atoms with Gasteiger partial charge in [-0.25, -0.2) is 0 Å². The highest BCUT2D eigenvalue weighted by atomic mass is 35.5. The highest BCUT2D eigenvalue weighted by molar-refractivity contribution is 5.85. The molecule has 0 aliphatic carbocycles. The van der Waals surface area contributed by atoms with Crippen LogP contribution in [0.15, 0.2) is 0 Å². The van der Waals surface area contributed by atoms with Gasteiger partial charge in [0.2, 0.25) is 0 Å². The third-order valence-electron chi connectivity index (χ3n) is 1.55. The molecule has 1 fully saturated rings. The summed E-state index contributed by atoms with van der Waals surface area (Å²) in [4.78, 5) is 10.7. The summed E-state index contributed by atoms with van der Waals surface area (Å²) >= 11 is 0. The van der Waals surface area contributed by atoms with E-state index in [9.17, 15) is 4.79 Å². The molecule has 0 saturated carbocycles. The molecule has 1 aliphatic rings. The molecule has 0 spiro atoms. The van der Waals surface area contributed by atoms with E-state index in [2.05, 4.69) is 10.1 Å². The minimum absolute atomic E-state index is 0. The van der Waals surface area contributed by atoms with Gasteiger partial charge in [-0.1, -0.05) is 0 Å². The first-order chi connectivity index (χ1) is 4.34. The van der Waals surface area contributed by atoms with Gasteiger partial charge in [0.15, 0.2) is 0 Å². The lowest BCUT2D eigenvalue weighted by Crippen LogP contribution is -2.31. The maximum atomic E-state index is 10.7. The molecule has 0 amide bonds. The van der Waals surface area contributed by atoms with Crippen molar-refractivity contribution >= 4 is 18.4 Å². The van der Waals surface area contributed by atoms with Crippen LogP contribution in [-0.4, -0.2) is 25.7 Å². The molecular formula is C6H15ClN2O2. The summed E-state index contributed by atoms with van der Waals surface area (Å²) in [6.45, 7) is 0.944. The van der Waals surface area contributed by atoms with Crippen LogP contribution in [0.3, 0.4) is 0 Å². The molecule has 11 heavy (non-hydrogen) atoms. The number of rotatable bonds is 1. The zero-order valence-electron chi connectivity index (χ0n) is 6.63. The van der Waals surface area contributed by atoms with Gasteiger partial charge in [-0.05, 0) is 19.4 Å². The second kappa shape index (κ2) is 6.39. The Hall–Kier alpha value is -0.320. The Labute approximate surface area is 72.7 Å². The molecule has 1 atom stereocenters. The quantitative estimate of drug-likeness (QED) is 0.579. The van der Waals surface area contributed by atoms with Gasteiger partial charge in [0.05, 0.1) is 7.11 Å². The van der Waals surface area contributed by atoms with E-state index in [-0.39, 0.29) is 30.6 Å². The molecule has 0 aromatic rings. The summed E-state index contributed by atoms with van der Waals surface area (Å²) in [6.07, 6.45) is 2.01. The number of halogens is 1. The Kier molecular flexibility index (Phi) is 7.72. The summed E-state index contributed by atoms with van der Waals surface area (Å²) in [6, 6.07) is -0.0324. The minimum atomic E-state index is -0.132. The normalized spacial score (nSPS) is 21.4. The molecule has 1 saturated heterocycles. The molecule has 1 rings (SSSR count). The highest BCUT2D eigenvalue weighted by Crippen LogP contribution is 2.05. The average molecular weight is 183 g/mol. The van der Waals surface area contributed by atoms with Gasteiger partial charge in [0.1, 0.15) is 6.04 Å². The summed E-state index contributed by atoms with van der Waals surface area (Å²) < 4.78 is 4.53. The molecule has 0 bridgehead atoms. The van der Waals surface area contributed by atoms with Gasteiger partial charge in [-0.3, -0.25) is 4.79 Å². The fraction of sp³-hybridized carbons (Fsp3) is 0.833. The molecule has 0 unspecified atom stereocenters. The molecule has 68 valence electrons. The Bertz CT molecular complexity index is 115. The van der Waals surface area contributed by atoms with E-state index in [1.807, 2.05) is 0 Å². The van der Waals surface area contributed by atoms with Crippen molar-refractivity contribution in [2.45, 2.75) is 18.9 Å². The first-order valence-electron chi connectivity index (χ1n) is 3.16. The molecule has 0 aromatic carbocycles. The third kappa shape index (κ3) is 3.55. The first-order valence-corrected chi connectivity index (χ1v) is 3.16. The smallest absolute Gasteiger partial charge is 0.322 e. The van der Waals surface area contributed by atoms with Crippen LogP contribution in [0.4, 0.5) is 0 Å². The molecular weight excluding hydrogens is 168 g/mol. The fourth-order valence-corrected chi connectivity index (χ4v) is 1.03. The Morgan fingerprint density at radius 1 is 1.64 bits per heavy atom. The maximum absolute atomic E-state index is 10.7. The van der Waals surface area contributed by atoms with E-state index in [1.54, 1.807) is 0 Å². The average Bonchev–Trinajstić information content (AvgIpc) is 2.37. The molecule has 4 nitrogen and oxygen atoms in total. The van der Waals surface area contributed by atoms with Gasteiger partial charge in [-0.2, -0.15) is 0 Å². The zero-order valence-corrected chi connectivity index (χ0v) is 7.45. The largest absolute Gasteiger partial charge is 0.468 e. The summed E-state index contributed by atoms with van der Waals surface area (Å²) in [5, 5.41) is 3.03. The first kappa shape index (κ1) is 13.3. The number of carbonyl (C=O) groups excluding carboxylic acids is 1. The van der Waals surface area contributed by atoms with Crippen LogP contribution >= 0.6 is 12.4 Å². The lowest BCUT2D eigenvalue weighted by molar-refractivity contribution is -0.142. The molecule has 5 heteroatoms. The topological polar surface area (TPSA) is 73.3 Å². The highest BCUT2D eigenvalue weighted by Gasteiger charge is 2.21. The van der Waals surface area contributed by atoms with Crippen LogP contribution in [0.5, 0.6) is 0 Å². The van der Waals surface area contributed by atoms with Crippen molar-refractivity contribution in [3.05, 3.63) is 0 Å². The number of methoxy groups -OCH3 is 1. The van der Waals surface area contributed by atoms with Crippen molar-refractivity contribution in [2.24, 2.45) is 0 Å². The number of hydrogen-bond acceptors (Lipinski definition) is 4. The zero-order chi connectivity index (χ0) is 6.69. The van der Waals surface area contributed by atoms with E-state index in [0.717, 1.165) is 19.4 Å². The monoisotopic (exact) mass is 182 g/mol. The van der Waals surface area contributed by atoms with Gasteiger partial charge >= 0.3 is 5.97 Å². The SMILES string of the molecule is COC(=O)[C@@H]1CCCN1.Cl.N. The minimum Gasteiger partial charge on any atom is -0.468 e. The Morgan fingerprint density at radius 2 is 2.27 bits per heavy atom. The fourth-order valence-electron chi connectivity index (χ4n) is 1.03. The van der Waals surface area contributed by atoms with Crippen LogP contribution in [0, 0.1) is 0 Å². The Morgan fingerprint density at radius 3 is 2.64 bits per heavy atom. The van der Waals surface area contributed by atoms with Crippen molar-refractivity contribution in [3.8, 4) is 0 Å². The van der Waals surface area contributed by atoms with Gasteiger partial charge < -0.3 is 16.2 Å². The summed E-state index contributed by atoms with van der Waals surface area (Å²) in [5.74, 6) is -0.132. The van der Waals surface area contributed by atoms with E-state index in [4.69, 9.17) is 0 Å². The second-order valence-corrected chi connectivity index (χ2v) is 2.17. The molecule has 0 aromatic heterocycles. The van der Waals surface area contributed by atoms with Crippen LogP contribution in [0.2, 0.25) is 0 Å². The summed E-state index contributed by atoms with van der Waals surface area (Å²) in [5.41, 5.74) is 0. The van der Waals surface area contributed by atoms with Crippen LogP contribution in [-0.2, 0) is 9.53 Å². The van der Waals surface area contributed by atoms with Crippen LogP contribution < -0.4 is 11.5 Å². The predicted octanol–water partition coefficient (Wildman–Crippen LogP) is 0.495. The number of ether oxygens (including phenoxy) is 1. The van der Waals surface area contributed by atoms with E-state index < -0.39 is 0 Å². The number of hydrogen-bond donors (Lipinski definition) is 2. The predicted molar refractivity (Wildman–Crippen MR) is 45.3 cm³/mol. The van der Waals surface area contributed by atoms with E-state index in [1.165, 1.54) is 7.11 Å². The molecule has 4 N–H and O–H groups in total. The lowest BCUT2D eigenvalue weighted by Gasteiger charge is -2.04. The van der Waals surface area contributed by atoms with Crippen LogP contribution in [0.1, 0.15) is 12.8 Å². The number of esters is 1. The summed E-state index contributed by atoms with van der Waals surface area (Å²) in [7, 11) is 1.42. The molecule has 1 aliphatic heterocycles. The molecule has 0 radical (unpaired) electrons. The van der Waals surface area contributed by atoms with Gasteiger partial charge in [0, 0.05) is 0 Å². The molecule has 1 heterocycles. The van der Waals surface area contributed by atoms with Gasteiger partial charge in [0.25, 0.3) is 0 Å². The number of nitrogens with one attached hydrogen (secondary N) is 1. The standard InChI is InChI=1S/C6H11NO2.ClH.H3N/c1-9-6(8)5-3-2-4-7-5;;/h5,7H,2-4H2,1H3;1H;1H3/t5-;;/m0../s1. The maximum Gasteiger partial charge on any atom is 0.322 e. The van der Waals surface area contributed by atoms with Crippen molar-refractivity contribution in [3.63, 3.8) is 0 Å². The van der Waals surface area contributed by atoms with Crippen molar-refractivity contribution in [2.75, 3.05) is 13.7 Å². The Balaban J connectivity index is 0. The van der Waals surface area contributed by atoms with Crippen molar-refractivity contribution in [1.82, 2.24) is 11.5 Å². The van der Waals surface area contributed by atoms with E-state index >= 15 is 0 Å². The van der Waals surface area contributed by atoms with Crippen molar-refractivity contribution in [1.29, 1.82) is 0 Å².